The van der Waals surface area contributed by atoms with Gasteiger partial charge in [-0.2, -0.15) is 8.88 Å². The number of hydrogen-bond donors (Lipinski definition) is 7. The van der Waals surface area contributed by atoms with Gasteiger partial charge in [0.1, 0.15) is 47.6 Å². The molecule has 10 unspecified atom stereocenters. The minimum Gasteiger partial charge on any atom is -0.390 e. The fraction of sp³-hybridized carbons (Fsp3) is 0.542. The van der Waals surface area contributed by atoms with Crippen LogP contribution in [0.4, 0.5) is 0 Å². The summed E-state index contributed by atoms with van der Waals surface area (Å²) in [5.74, 6) is -1.25. The Morgan fingerprint density at radius 2 is 1.84 bits per heavy atom. The van der Waals surface area contributed by atoms with Crippen LogP contribution >= 0.6 is 15.6 Å². The van der Waals surface area contributed by atoms with E-state index in [0.717, 1.165) is 0 Å². The van der Waals surface area contributed by atoms with E-state index in [4.69, 9.17) is 20.9 Å². The molecule has 246 valence electrons. The van der Waals surface area contributed by atoms with Gasteiger partial charge in [-0.05, 0) is 19.9 Å². The molecular formula is C24H33N6O13P2+. The van der Waals surface area contributed by atoms with E-state index in [0.29, 0.717) is 22.7 Å². The Kier molecular flexibility index (Phi) is 9.15. The lowest BCUT2D eigenvalue weighted by Gasteiger charge is -2.21. The smallest absolute Gasteiger partial charge is 0.390 e. The predicted molar refractivity (Wildman–Crippen MR) is 148 cm³/mol. The van der Waals surface area contributed by atoms with Gasteiger partial charge in [0.05, 0.1) is 25.0 Å². The number of phosphoric ester groups is 2. The molecule has 8 N–H and O–H groups in total. The largest absolute Gasteiger partial charge is 0.481 e. The number of fused-ring (bicyclic) bond motifs is 1. The number of carbonyl (C=O) groups is 1. The highest BCUT2D eigenvalue weighted by Gasteiger charge is 2.49. The number of amides is 1. The fourth-order valence-electron chi connectivity index (χ4n) is 5.44. The van der Waals surface area contributed by atoms with E-state index in [-0.39, 0.29) is 12.0 Å². The summed E-state index contributed by atoms with van der Waals surface area (Å²) in [6.07, 6.45) is -3.97. The lowest BCUT2D eigenvalue weighted by Crippen LogP contribution is -2.45. The van der Waals surface area contributed by atoms with Crippen LogP contribution in [0.1, 0.15) is 40.6 Å². The molecule has 45 heavy (non-hydrogen) atoms. The van der Waals surface area contributed by atoms with Crippen molar-refractivity contribution in [2.45, 2.75) is 63.1 Å². The van der Waals surface area contributed by atoms with E-state index in [1.54, 1.807) is 13.8 Å². The summed E-state index contributed by atoms with van der Waals surface area (Å²) in [6.45, 7) is 1.82. The van der Waals surface area contributed by atoms with Gasteiger partial charge in [-0.15, -0.1) is 0 Å². The topological polar surface area (TPSA) is 283 Å². The van der Waals surface area contributed by atoms with E-state index in [9.17, 15) is 39.0 Å². The predicted octanol–water partition coefficient (Wildman–Crippen LogP) is -1.32. The fourth-order valence-corrected chi connectivity index (χ4v) is 7.57. The Bertz CT molecular complexity index is 1700. The molecule has 1 saturated carbocycles. The van der Waals surface area contributed by atoms with Crippen LogP contribution < -0.4 is 10.3 Å². The van der Waals surface area contributed by atoms with Crippen molar-refractivity contribution in [3.05, 3.63) is 47.9 Å². The third kappa shape index (κ3) is 7.00. The van der Waals surface area contributed by atoms with Crippen molar-refractivity contribution in [2.75, 3.05) is 13.2 Å². The summed E-state index contributed by atoms with van der Waals surface area (Å²) in [7, 11) is -10.6. The highest BCUT2D eigenvalue weighted by atomic mass is 31.3. The number of imidazole rings is 1. The van der Waals surface area contributed by atoms with Crippen LogP contribution in [0.15, 0.2) is 30.9 Å². The summed E-state index contributed by atoms with van der Waals surface area (Å²) < 4.78 is 55.4. The van der Waals surface area contributed by atoms with Gasteiger partial charge in [-0.25, -0.2) is 24.1 Å². The lowest BCUT2D eigenvalue weighted by molar-refractivity contribution is -0.728. The molecule has 1 saturated heterocycles. The van der Waals surface area contributed by atoms with Gasteiger partial charge in [-0.1, -0.05) is 0 Å². The number of rotatable bonds is 12. The second-order valence-corrected chi connectivity index (χ2v) is 13.8. The summed E-state index contributed by atoms with van der Waals surface area (Å²) in [6, 6.07) is 2.22. The molecule has 1 amide bonds. The molecule has 21 heteroatoms. The third-order valence-corrected chi connectivity index (χ3v) is 10.3. The van der Waals surface area contributed by atoms with E-state index >= 15 is 0 Å². The van der Waals surface area contributed by atoms with Gasteiger partial charge in [-0.3, -0.25) is 18.4 Å². The number of ether oxygens (including phenoxy) is 1. The van der Waals surface area contributed by atoms with Crippen LogP contribution in [0.3, 0.4) is 0 Å². The van der Waals surface area contributed by atoms with Crippen molar-refractivity contribution >= 4 is 32.7 Å². The molecule has 0 radical (unpaired) electrons. The Labute approximate surface area is 256 Å². The quantitative estimate of drug-likeness (QED) is 0.0864. The van der Waals surface area contributed by atoms with E-state index < -0.39 is 83.5 Å². The van der Waals surface area contributed by atoms with Crippen LogP contribution in [0, 0.1) is 19.8 Å². The summed E-state index contributed by atoms with van der Waals surface area (Å²) in [4.78, 5) is 44.5. The average Bonchev–Trinajstić information content (AvgIpc) is 3.60. The van der Waals surface area contributed by atoms with Crippen LogP contribution in [-0.2, 0) is 27.2 Å². The van der Waals surface area contributed by atoms with Gasteiger partial charge >= 0.3 is 15.6 Å². The summed E-state index contributed by atoms with van der Waals surface area (Å²) >= 11 is 0. The minimum atomic E-state index is -5.34. The number of aryl methyl sites for hydroxylation is 2. The van der Waals surface area contributed by atoms with Crippen molar-refractivity contribution in [3.8, 4) is 0 Å². The van der Waals surface area contributed by atoms with E-state index in [1.807, 2.05) is 0 Å². The molecule has 0 aromatic carbocycles. The number of aliphatic hydroxyl groups excluding tert-OH is 4. The van der Waals surface area contributed by atoms with Gasteiger partial charge in [0.15, 0.2) is 30.3 Å². The molecule has 3 aromatic heterocycles. The van der Waals surface area contributed by atoms with E-state index in [1.165, 1.54) is 40.0 Å². The number of primary amides is 1. The Balaban J connectivity index is 1.19. The molecular weight excluding hydrogens is 642 g/mol. The standard InChI is InChI=1S/C24H32N6O13P2/c1-11-17-23(27-10-26-11)30(12(2)28-17)24-21(34)20(33)16(42-24)9-41-45(38,39)43-44(36,37)40-8-14-6-15(19(32)18(14)31)29-5-3-4-13(7-29)22(25)35/h3-5,7,10,14-16,18-21,24,31-34H,6,8-9H2,1-2H3,(H3-,25,35,36,37,38,39)/p+1/i34T. The Hall–Kier alpha value is -2.77. The van der Waals surface area contributed by atoms with Crippen LogP contribution in [0.2, 0.25) is 0 Å². The zero-order valence-corrected chi connectivity index (χ0v) is 25.6. The highest BCUT2D eigenvalue weighted by Crippen LogP contribution is 2.61. The maximum atomic E-state index is 12.6. The van der Waals surface area contributed by atoms with Crippen molar-refractivity contribution in [3.63, 3.8) is 0 Å². The zero-order chi connectivity index (χ0) is 33.6. The number of aliphatic hydroxyl groups is 4. The average molecular weight is 678 g/mol. The van der Waals surface area contributed by atoms with Crippen molar-refractivity contribution < 1.29 is 66.8 Å². The van der Waals surface area contributed by atoms with Crippen LogP contribution in [0.25, 0.3) is 11.2 Å². The zero-order valence-electron chi connectivity index (χ0n) is 24.8. The molecule has 0 spiro atoms. The van der Waals surface area contributed by atoms with Crippen molar-refractivity contribution in [1.82, 2.24) is 19.5 Å². The maximum Gasteiger partial charge on any atom is 0.481 e. The maximum absolute atomic E-state index is 12.6. The summed E-state index contributed by atoms with van der Waals surface area (Å²) in [5.41, 5.74) is 6.78. The Morgan fingerprint density at radius 1 is 1.13 bits per heavy atom. The van der Waals surface area contributed by atoms with Gasteiger partial charge in [0.25, 0.3) is 5.91 Å². The number of nitrogens with zero attached hydrogens (tertiary/aromatic N) is 5. The first kappa shape index (κ1) is 32.2. The number of pyridine rings is 1. The van der Waals surface area contributed by atoms with Crippen LogP contribution in [0.5, 0.6) is 0 Å². The molecule has 2 fully saturated rings. The van der Waals surface area contributed by atoms with E-state index in [2.05, 4.69) is 24.4 Å². The molecule has 2 aliphatic rings. The number of carbonyl (C=O) groups excluding carboxylic acids is 1. The first-order valence-corrected chi connectivity index (χ1v) is 16.6. The van der Waals surface area contributed by atoms with Crippen molar-refractivity contribution in [2.24, 2.45) is 11.7 Å². The number of nitrogens with two attached hydrogens (primary N) is 1. The van der Waals surface area contributed by atoms with Crippen LogP contribution in [-0.4, -0.2) is 101 Å². The SMILES string of the molecule is [3H]OC1C(O)C(COP(=O)(O)OP(=O)(O)OCC2CC([n+]3cccc(C(N)=O)c3)C(O)C2O)OC1n1c(C)nc2c(C)ncnc21. The molecule has 19 nitrogen and oxygen atoms in total. The second-order valence-electron chi connectivity index (χ2n) is 10.7. The lowest BCUT2D eigenvalue weighted by atomic mass is 10.1. The first-order chi connectivity index (χ1) is 21.6. The molecule has 1 aliphatic heterocycles. The Morgan fingerprint density at radius 3 is 2.53 bits per heavy atom. The third-order valence-electron chi connectivity index (χ3n) is 7.72. The normalized spacial score (nSPS) is 31.5. The number of hydrogen-bond acceptors (Lipinski definition) is 14. The summed E-state index contributed by atoms with van der Waals surface area (Å²) in [5, 5.41) is 36.5. The highest BCUT2D eigenvalue weighted by molar-refractivity contribution is 7.61. The molecule has 10 atom stereocenters. The molecule has 1 aliphatic carbocycles. The number of phosphoric acid groups is 2. The molecule has 5 rings (SSSR count). The molecule has 3 aromatic rings. The van der Waals surface area contributed by atoms with Gasteiger partial charge in [0, 0.05) is 18.4 Å². The minimum absolute atomic E-state index is 0.0249. The second kappa shape index (κ2) is 12.8. The van der Waals surface area contributed by atoms with Gasteiger partial charge < -0.3 is 40.7 Å². The van der Waals surface area contributed by atoms with Crippen molar-refractivity contribution in [1.29, 1.82) is 1.43 Å². The molecule has 4 heterocycles. The first-order valence-electron chi connectivity index (χ1n) is 14.0. The monoisotopic (exact) mass is 677 g/mol. The number of aromatic nitrogens is 5. The van der Waals surface area contributed by atoms with Gasteiger partial charge in [0.2, 0.25) is 1.43 Å². The molecule has 0 bridgehead atoms.